The Bertz CT molecular complexity index is 716. The third-order valence-electron chi connectivity index (χ3n) is 2.97. The second kappa shape index (κ2) is 8.34. The molecule has 23 heavy (non-hydrogen) atoms. The molecular weight excluding hydrogens is 290 g/mol. The molecule has 0 spiro atoms. The minimum atomic E-state index is -0.553. The summed E-state index contributed by atoms with van der Waals surface area (Å²) in [5.41, 5.74) is 7.98. The first-order valence-corrected chi connectivity index (χ1v) is 7.10. The highest BCUT2D eigenvalue weighted by Crippen LogP contribution is 2.07. The van der Waals surface area contributed by atoms with E-state index in [1.165, 1.54) is 12.2 Å². The number of nitrogens with two attached hydrogens (primary N) is 1. The number of nitrogen functional groups attached to an aromatic ring is 1. The standard InChI is InChI=1S/C19H17NO3/c20-17-10-6-16(7-11-17)8-12-18(21)14-23-19(22)13-9-15-4-2-1-3-5-15/h1-13H,14,20H2/b12-8+,13-9+. The van der Waals surface area contributed by atoms with Gasteiger partial charge in [-0.2, -0.15) is 0 Å². The summed E-state index contributed by atoms with van der Waals surface area (Å²) >= 11 is 0. The highest BCUT2D eigenvalue weighted by molar-refractivity contribution is 5.96. The smallest absolute Gasteiger partial charge is 0.331 e. The van der Waals surface area contributed by atoms with Crippen molar-refractivity contribution >= 4 is 29.6 Å². The van der Waals surface area contributed by atoms with Crippen LogP contribution in [0.25, 0.3) is 12.2 Å². The number of carbonyl (C=O) groups is 2. The first-order valence-electron chi connectivity index (χ1n) is 7.10. The van der Waals surface area contributed by atoms with Gasteiger partial charge in [0.2, 0.25) is 0 Å². The SMILES string of the molecule is Nc1ccc(/C=C/C(=O)COC(=O)/C=C/c2ccccc2)cc1. The molecule has 2 aromatic rings. The van der Waals surface area contributed by atoms with Gasteiger partial charge in [-0.15, -0.1) is 0 Å². The molecule has 116 valence electrons. The quantitative estimate of drug-likeness (QED) is 0.506. The van der Waals surface area contributed by atoms with E-state index in [-0.39, 0.29) is 12.4 Å². The number of hydrogen-bond donors (Lipinski definition) is 1. The number of benzene rings is 2. The molecular formula is C19H17NO3. The molecule has 4 nitrogen and oxygen atoms in total. The summed E-state index contributed by atoms with van der Waals surface area (Å²) in [6.07, 6.45) is 5.96. The monoisotopic (exact) mass is 307 g/mol. The van der Waals surface area contributed by atoms with Crippen LogP contribution in [-0.4, -0.2) is 18.4 Å². The van der Waals surface area contributed by atoms with Crippen LogP contribution in [0.3, 0.4) is 0 Å². The van der Waals surface area contributed by atoms with E-state index < -0.39 is 5.97 Å². The molecule has 0 aliphatic heterocycles. The molecule has 2 rings (SSSR count). The Morgan fingerprint density at radius 2 is 1.48 bits per heavy atom. The van der Waals surface area contributed by atoms with Crippen molar-refractivity contribution < 1.29 is 14.3 Å². The molecule has 0 fully saturated rings. The summed E-state index contributed by atoms with van der Waals surface area (Å²) in [4.78, 5) is 23.2. The summed E-state index contributed by atoms with van der Waals surface area (Å²) in [6.45, 7) is -0.288. The number of rotatable bonds is 6. The van der Waals surface area contributed by atoms with Crippen molar-refractivity contribution in [2.45, 2.75) is 0 Å². The van der Waals surface area contributed by atoms with Gasteiger partial charge in [-0.05, 0) is 35.4 Å². The maximum Gasteiger partial charge on any atom is 0.331 e. The molecule has 0 aliphatic carbocycles. The summed E-state index contributed by atoms with van der Waals surface area (Å²) < 4.78 is 4.89. The fraction of sp³-hybridized carbons (Fsp3) is 0.0526. The van der Waals surface area contributed by atoms with Crippen LogP contribution >= 0.6 is 0 Å². The molecule has 2 N–H and O–H groups in total. The number of carbonyl (C=O) groups excluding carboxylic acids is 2. The topological polar surface area (TPSA) is 69.4 Å². The van der Waals surface area contributed by atoms with E-state index in [1.54, 1.807) is 36.4 Å². The second-order valence-corrected chi connectivity index (χ2v) is 4.82. The van der Waals surface area contributed by atoms with Crippen LogP contribution in [0.1, 0.15) is 11.1 Å². The molecule has 0 aromatic heterocycles. The average molecular weight is 307 g/mol. The third-order valence-corrected chi connectivity index (χ3v) is 2.97. The zero-order valence-electron chi connectivity index (χ0n) is 12.5. The Morgan fingerprint density at radius 3 is 2.17 bits per heavy atom. The van der Waals surface area contributed by atoms with Gasteiger partial charge in [-0.3, -0.25) is 4.79 Å². The molecule has 0 bridgehead atoms. The molecule has 0 radical (unpaired) electrons. The van der Waals surface area contributed by atoms with E-state index in [1.807, 2.05) is 30.3 Å². The number of ether oxygens (including phenoxy) is 1. The molecule has 0 unspecified atom stereocenters. The van der Waals surface area contributed by atoms with E-state index in [4.69, 9.17) is 10.5 Å². The summed E-state index contributed by atoms with van der Waals surface area (Å²) in [5, 5.41) is 0. The lowest BCUT2D eigenvalue weighted by molar-refractivity contribution is -0.141. The average Bonchev–Trinajstić information content (AvgIpc) is 2.58. The summed E-state index contributed by atoms with van der Waals surface area (Å²) in [5.74, 6) is -0.841. The summed E-state index contributed by atoms with van der Waals surface area (Å²) in [7, 11) is 0. The molecule has 4 heteroatoms. The highest BCUT2D eigenvalue weighted by atomic mass is 16.5. The predicted molar refractivity (Wildman–Crippen MR) is 91.3 cm³/mol. The Balaban J connectivity index is 1.78. The fourth-order valence-electron chi connectivity index (χ4n) is 1.76. The van der Waals surface area contributed by atoms with Crippen molar-refractivity contribution in [2.24, 2.45) is 0 Å². The van der Waals surface area contributed by atoms with Crippen LogP contribution in [0.15, 0.2) is 66.7 Å². The van der Waals surface area contributed by atoms with Crippen LogP contribution in [0, 0.1) is 0 Å². The number of hydrogen-bond acceptors (Lipinski definition) is 4. The van der Waals surface area contributed by atoms with Crippen LogP contribution in [0.5, 0.6) is 0 Å². The molecule has 0 heterocycles. The normalized spacial score (nSPS) is 11.0. The molecule has 0 amide bonds. The van der Waals surface area contributed by atoms with Crippen LogP contribution in [0.2, 0.25) is 0 Å². The maximum absolute atomic E-state index is 11.6. The third kappa shape index (κ3) is 6.01. The highest BCUT2D eigenvalue weighted by Gasteiger charge is 2.01. The van der Waals surface area contributed by atoms with Gasteiger partial charge in [0, 0.05) is 11.8 Å². The van der Waals surface area contributed by atoms with Crippen LogP contribution < -0.4 is 5.73 Å². The van der Waals surface area contributed by atoms with Gasteiger partial charge in [0.15, 0.2) is 12.4 Å². The van der Waals surface area contributed by atoms with Gasteiger partial charge in [0.1, 0.15) is 0 Å². The van der Waals surface area contributed by atoms with Crippen molar-refractivity contribution in [3.63, 3.8) is 0 Å². The Hall–Kier alpha value is -3.14. The largest absolute Gasteiger partial charge is 0.454 e. The number of esters is 1. The van der Waals surface area contributed by atoms with Gasteiger partial charge < -0.3 is 10.5 Å². The van der Waals surface area contributed by atoms with Gasteiger partial charge in [0.25, 0.3) is 0 Å². The van der Waals surface area contributed by atoms with Crippen LogP contribution in [0.4, 0.5) is 5.69 Å². The molecule has 0 saturated carbocycles. The Kier molecular flexibility index (Phi) is 5.89. The maximum atomic E-state index is 11.6. The van der Waals surface area contributed by atoms with E-state index in [9.17, 15) is 9.59 Å². The first-order chi connectivity index (χ1) is 11.1. The number of ketones is 1. The zero-order chi connectivity index (χ0) is 16.5. The van der Waals surface area contributed by atoms with E-state index in [2.05, 4.69) is 0 Å². The lowest BCUT2D eigenvalue weighted by atomic mass is 10.2. The predicted octanol–water partition coefficient (Wildman–Crippen LogP) is 3.11. The molecule has 0 aliphatic rings. The Labute approximate surface area is 134 Å². The van der Waals surface area contributed by atoms with Crippen molar-refractivity contribution in [1.82, 2.24) is 0 Å². The van der Waals surface area contributed by atoms with Crippen molar-refractivity contribution in [3.8, 4) is 0 Å². The first kappa shape index (κ1) is 16.2. The summed E-state index contributed by atoms with van der Waals surface area (Å²) in [6, 6.07) is 16.5. The minimum absolute atomic E-state index is 0.288. The van der Waals surface area contributed by atoms with Gasteiger partial charge in [0.05, 0.1) is 0 Å². The number of anilines is 1. The zero-order valence-corrected chi connectivity index (χ0v) is 12.5. The van der Waals surface area contributed by atoms with Gasteiger partial charge in [-0.1, -0.05) is 48.5 Å². The molecule has 0 atom stereocenters. The Morgan fingerprint density at radius 1 is 0.870 bits per heavy atom. The molecule has 0 saturated heterocycles. The van der Waals surface area contributed by atoms with Crippen molar-refractivity contribution in [1.29, 1.82) is 0 Å². The van der Waals surface area contributed by atoms with E-state index in [0.717, 1.165) is 11.1 Å². The van der Waals surface area contributed by atoms with Crippen molar-refractivity contribution in [3.05, 3.63) is 77.9 Å². The lowest BCUT2D eigenvalue weighted by Gasteiger charge is -1.98. The second-order valence-electron chi connectivity index (χ2n) is 4.82. The van der Waals surface area contributed by atoms with Crippen molar-refractivity contribution in [2.75, 3.05) is 12.3 Å². The van der Waals surface area contributed by atoms with E-state index in [0.29, 0.717) is 5.69 Å². The minimum Gasteiger partial charge on any atom is -0.454 e. The fourth-order valence-corrected chi connectivity index (χ4v) is 1.76. The van der Waals surface area contributed by atoms with Gasteiger partial charge >= 0.3 is 5.97 Å². The van der Waals surface area contributed by atoms with Crippen LogP contribution in [-0.2, 0) is 14.3 Å². The van der Waals surface area contributed by atoms with Gasteiger partial charge in [-0.25, -0.2) is 4.79 Å². The lowest BCUT2D eigenvalue weighted by Crippen LogP contribution is -2.09. The molecule has 2 aromatic carbocycles. The van der Waals surface area contributed by atoms with E-state index >= 15 is 0 Å².